The van der Waals surface area contributed by atoms with Crippen molar-refractivity contribution in [2.45, 2.75) is 89.4 Å². The highest BCUT2D eigenvalue weighted by Gasteiger charge is 2.50. The van der Waals surface area contributed by atoms with Crippen molar-refractivity contribution in [2.75, 3.05) is 13.2 Å². The van der Waals surface area contributed by atoms with E-state index in [1.807, 2.05) is 48.5 Å². The number of esters is 3. The second-order valence-corrected chi connectivity index (χ2v) is 11.7. The Morgan fingerprint density at radius 2 is 1.35 bits per heavy atom. The van der Waals surface area contributed by atoms with Crippen molar-refractivity contribution in [1.29, 1.82) is 0 Å². The summed E-state index contributed by atoms with van der Waals surface area (Å²) in [4.78, 5) is 72.7. The molecule has 2 amide bonds. The number of fused-ring (bicyclic) bond motifs is 3. The van der Waals surface area contributed by atoms with Gasteiger partial charge in [0.05, 0.1) is 12.1 Å². The van der Waals surface area contributed by atoms with Crippen LogP contribution in [0, 0.1) is 0 Å². The van der Waals surface area contributed by atoms with Crippen LogP contribution in [-0.2, 0) is 47.7 Å². The van der Waals surface area contributed by atoms with Crippen molar-refractivity contribution in [3.8, 4) is 11.1 Å². The summed E-state index contributed by atoms with van der Waals surface area (Å²) in [7, 11) is 0. The molecular weight excluding hydrogens is 628 g/mol. The van der Waals surface area contributed by atoms with E-state index in [0.717, 1.165) is 36.1 Å². The average Bonchev–Trinajstić information content (AvgIpc) is 3.34. The number of ether oxygens (including phenoxy) is 5. The predicted molar refractivity (Wildman–Crippen MR) is 167 cm³/mol. The van der Waals surface area contributed by atoms with Gasteiger partial charge in [-0.05, 0) is 41.5 Å². The van der Waals surface area contributed by atoms with Crippen LogP contribution in [0.15, 0.2) is 48.5 Å². The molecule has 1 aliphatic heterocycles. The van der Waals surface area contributed by atoms with Gasteiger partial charge < -0.3 is 39.4 Å². The largest absolute Gasteiger partial charge is 0.480 e. The highest BCUT2D eigenvalue weighted by Crippen LogP contribution is 2.44. The van der Waals surface area contributed by atoms with E-state index >= 15 is 0 Å². The van der Waals surface area contributed by atoms with Gasteiger partial charge in [0, 0.05) is 33.6 Å². The van der Waals surface area contributed by atoms with Crippen molar-refractivity contribution in [3.63, 3.8) is 0 Å². The molecule has 258 valence electrons. The fourth-order valence-corrected chi connectivity index (χ4v) is 6.23. The van der Waals surface area contributed by atoms with Crippen LogP contribution in [0.4, 0.5) is 4.79 Å². The Hall–Kier alpha value is -4.98. The fourth-order valence-electron chi connectivity index (χ4n) is 6.23. The lowest BCUT2D eigenvalue weighted by molar-refractivity contribution is -0.224. The minimum atomic E-state index is -1.32. The van der Waals surface area contributed by atoms with E-state index in [1.54, 1.807) is 0 Å². The van der Waals surface area contributed by atoms with Crippen LogP contribution in [0.3, 0.4) is 0 Å². The number of rotatable bonds is 13. The first-order chi connectivity index (χ1) is 22.8. The number of hydrogen-bond acceptors (Lipinski definition) is 11. The van der Waals surface area contributed by atoms with E-state index in [1.165, 1.54) is 13.8 Å². The molecule has 6 atom stereocenters. The number of carbonyl (C=O) groups is 6. The number of benzene rings is 2. The Morgan fingerprint density at radius 1 is 0.771 bits per heavy atom. The van der Waals surface area contributed by atoms with E-state index in [2.05, 4.69) is 10.6 Å². The normalized spacial score (nSPS) is 21.9. The van der Waals surface area contributed by atoms with E-state index in [9.17, 15) is 33.9 Å². The second kappa shape index (κ2) is 16.2. The molecule has 1 heterocycles. The minimum absolute atomic E-state index is 0.00523. The SMILES string of the molecule is CC(=O)N[C@@H]1[C@@H](OC(C)=O)[C@H](OC(C)=O)[C@@H](COC(C)=O)O[C@H]1CCC[C@H](NC(=O)OCC1c2ccccc2-c2ccccc21)C(=O)O. The highest BCUT2D eigenvalue weighted by atomic mass is 16.6. The third kappa shape index (κ3) is 9.09. The Morgan fingerprint density at radius 3 is 1.90 bits per heavy atom. The smallest absolute Gasteiger partial charge is 0.407 e. The number of nitrogens with one attached hydrogen (secondary N) is 2. The summed E-state index contributed by atoms with van der Waals surface area (Å²) in [5.74, 6) is -4.07. The molecule has 2 aliphatic rings. The zero-order valence-corrected chi connectivity index (χ0v) is 27.1. The van der Waals surface area contributed by atoms with Gasteiger partial charge in [-0.2, -0.15) is 0 Å². The van der Waals surface area contributed by atoms with Crippen LogP contribution >= 0.6 is 0 Å². The first-order valence-corrected chi connectivity index (χ1v) is 15.6. The van der Waals surface area contributed by atoms with Crippen molar-refractivity contribution in [1.82, 2.24) is 10.6 Å². The van der Waals surface area contributed by atoms with Crippen molar-refractivity contribution in [2.24, 2.45) is 0 Å². The minimum Gasteiger partial charge on any atom is -0.480 e. The number of carboxylic acids is 1. The van der Waals surface area contributed by atoms with E-state index < -0.39 is 72.4 Å². The molecule has 0 saturated carbocycles. The van der Waals surface area contributed by atoms with Gasteiger partial charge in [0.25, 0.3) is 0 Å². The Labute approximate surface area is 277 Å². The molecule has 1 fully saturated rings. The molecule has 3 N–H and O–H groups in total. The third-order valence-electron chi connectivity index (χ3n) is 8.13. The summed E-state index contributed by atoms with van der Waals surface area (Å²) in [5, 5.41) is 15.0. The molecule has 0 aromatic heterocycles. The Kier molecular flexibility index (Phi) is 12.1. The number of alkyl carbamates (subject to hydrolysis) is 1. The van der Waals surface area contributed by atoms with Crippen molar-refractivity contribution < 1.29 is 57.6 Å². The lowest BCUT2D eigenvalue weighted by Gasteiger charge is -2.45. The van der Waals surface area contributed by atoms with Gasteiger partial charge in [-0.25, -0.2) is 9.59 Å². The summed E-state index contributed by atoms with van der Waals surface area (Å²) in [6, 6.07) is 13.3. The molecule has 1 saturated heterocycles. The number of hydrogen-bond donors (Lipinski definition) is 3. The molecule has 0 unspecified atom stereocenters. The quantitative estimate of drug-likeness (QED) is 0.209. The summed E-state index contributed by atoms with van der Waals surface area (Å²) >= 11 is 0. The fraction of sp³-hybridized carbons (Fsp3) is 0.471. The topological polar surface area (TPSA) is 193 Å². The average molecular weight is 669 g/mol. The zero-order chi connectivity index (χ0) is 35.0. The molecular formula is C34H40N2O12. The number of carboxylic acid groups (broad SMARTS) is 1. The number of carbonyl (C=O) groups excluding carboxylic acids is 5. The van der Waals surface area contributed by atoms with Crippen LogP contribution in [-0.4, -0.2) is 90.7 Å². The Balaban J connectivity index is 1.42. The van der Waals surface area contributed by atoms with Gasteiger partial charge >= 0.3 is 30.0 Å². The van der Waals surface area contributed by atoms with Gasteiger partial charge in [0.1, 0.15) is 25.4 Å². The van der Waals surface area contributed by atoms with Gasteiger partial charge in [-0.1, -0.05) is 48.5 Å². The monoisotopic (exact) mass is 668 g/mol. The lowest BCUT2D eigenvalue weighted by Crippen LogP contribution is -2.66. The van der Waals surface area contributed by atoms with Gasteiger partial charge in [-0.3, -0.25) is 19.2 Å². The maximum absolute atomic E-state index is 12.8. The first kappa shape index (κ1) is 35.9. The molecule has 2 aromatic rings. The Bertz CT molecular complexity index is 1480. The number of amides is 2. The van der Waals surface area contributed by atoms with Crippen molar-refractivity contribution >= 4 is 35.9 Å². The number of aliphatic carboxylic acids is 1. The maximum Gasteiger partial charge on any atom is 0.407 e. The first-order valence-electron chi connectivity index (χ1n) is 15.6. The molecule has 0 radical (unpaired) electrons. The predicted octanol–water partition coefficient (Wildman–Crippen LogP) is 2.85. The molecule has 0 spiro atoms. The molecule has 0 bridgehead atoms. The van der Waals surface area contributed by atoms with E-state index in [0.29, 0.717) is 0 Å². The maximum atomic E-state index is 12.8. The standard InChI is InChI=1S/C34H40N2O12/c1-18(37)35-30-28(48-29(17-44-19(2)38)31(46-20(3)39)32(30)47-21(4)40)15-9-14-27(33(41)42)36-34(43)45-16-26-24-12-7-5-10-22(24)23-11-6-8-13-25(23)26/h5-8,10-13,26-32H,9,14-17H2,1-4H3,(H,35,37)(H,36,43)(H,41,42)/t27-,28-,29+,30-,31+,32+/m0/s1. The molecule has 48 heavy (non-hydrogen) atoms. The van der Waals surface area contributed by atoms with E-state index in [-0.39, 0.29) is 38.4 Å². The third-order valence-corrected chi connectivity index (χ3v) is 8.13. The van der Waals surface area contributed by atoms with Crippen LogP contribution in [0.25, 0.3) is 11.1 Å². The van der Waals surface area contributed by atoms with Crippen LogP contribution in [0.2, 0.25) is 0 Å². The van der Waals surface area contributed by atoms with E-state index in [4.69, 9.17) is 23.7 Å². The van der Waals surface area contributed by atoms with Crippen LogP contribution < -0.4 is 10.6 Å². The molecule has 14 nitrogen and oxygen atoms in total. The van der Waals surface area contributed by atoms with Gasteiger partial charge in [0.15, 0.2) is 12.2 Å². The van der Waals surface area contributed by atoms with Gasteiger partial charge in [-0.15, -0.1) is 0 Å². The van der Waals surface area contributed by atoms with Crippen LogP contribution in [0.1, 0.15) is 64.0 Å². The highest BCUT2D eigenvalue weighted by molar-refractivity contribution is 5.81. The summed E-state index contributed by atoms with van der Waals surface area (Å²) in [5.41, 5.74) is 4.13. The van der Waals surface area contributed by atoms with Gasteiger partial charge in [0.2, 0.25) is 5.91 Å². The van der Waals surface area contributed by atoms with Crippen LogP contribution in [0.5, 0.6) is 0 Å². The zero-order valence-electron chi connectivity index (χ0n) is 27.1. The summed E-state index contributed by atoms with van der Waals surface area (Å²) in [6.45, 7) is 4.37. The molecule has 1 aliphatic carbocycles. The second-order valence-electron chi connectivity index (χ2n) is 11.7. The summed E-state index contributed by atoms with van der Waals surface area (Å²) in [6.07, 6.45) is -5.10. The lowest BCUT2D eigenvalue weighted by atomic mass is 9.89. The van der Waals surface area contributed by atoms with Crippen molar-refractivity contribution in [3.05, 3.63) is 59.7 Å². The molecule has 14 heteroatoms. The molecule has 2 aromatic carbocycles. The summed E-state index contributed by atoms with van der Waals surface area (Å²) < 4.78 is 27.7. The molecule has 4 rings (SSSR count).